The third-order valence-electron chi connectivity index (χ3n) is 1.90. The molecule has 1 unspecified atom stereocenters. The zero-order valence-electron chi connectivity index (χ0n) is 8.69. The minimum absolute atomic E-state index is 0.0309. The van der Waals surface area contributed by atoms with Crippen molar-refractivity contribution in [3.8, 4) is 0 Å². The molecule has 0 aliphatic carbocycles. The van der Waals surface area contributed by atoms with Gasteiger partial charge in [0.05, 0.1) is 5.41 Å². The Morgan fingerprint density at radius 2 is 2.15 bits per heavy atom. The number of rotatable bonds is 5. The lowest BCUT2D eigenvalue weighted by Gasteiger charge is -2.21. The molecule has 0 aromatic carbocycles. The van der Waals surface area contributed by atoms with Crippen molar-refractivity contribution in [3.63, 3.8) is 0 Å². The first-order valence-corrected chi connectivity index (χ1v) is 6.13. The molecule has 2 nitrogen and oxygen atoms in total. The van der Waals surface area contributed by atoms with Gasteiger partial charge in [-0.3, -0.25) is 4.79 Å². The number of amides is 1. The molecule has 78 valence electrons. The van der Waals surface area contributed by atoms with Crippen molar-refractivity contribution in [2.75, 3.05) is 18.7 Å². The van der Waals surface area contributed by atoms with E-state index in [0.29, 0.717) is 17.7 Å². The minimum Gasteiger partial charge on any atom is -0.355 e. The second-order valence-electron chi connectivity index (χ2n) is 3.77. The van der Waals surface area contributed by atoms with Crippen LogP contribution < -0.4 is 5.32 Å². The third kappa shape index (κ3) is 4.77. The number of nitrogens with one attached hydrogen (secondary N) is 1. The number of carbonyl (C=O) groups is 1. The first kappa shape index (κ1) is 13.1. The van der Waals surface area contributed by atoms with Crippen molar-refractivity contribution in [2.24, 2.45) is 5.41 Å². The number of hydrogen-bond donors (Lipinski definition) is 1. The van der Waals surface area contributed by atoms with Gasteiger partial charge in [0.2, 0.25) is 5.91 Å². The third-order valence-corrected chi connectivity index (χ3v) is 3.54. The Bertz CT molecular complexity index is 173. The summed E-state index contributed by atoms with van der Waals surface area (Å²) in [6.45, 7) is 6.48. The largest absolute Gasteiger partial charge is 0.355 e. The quantitative estimate of drug-likeness (QED) is 0.724. The molecule has 0 aromatic heterocycles. The highest BCUT2D eigenvalue weighted by Gasteiger charge is 2.26. The van der Waals surface area contributed by atoms with E-state index in [4.69, 9.17) is 11.6 Å². The molecule has 13 heavy (non-hydrogen) atoms. The van der Waals surface area contributed by atoms with Crippen LogP contribution in [0.4, 0.5) is 0 Å². The second kappa shape index (κ2) is 5.76. The van der Waals surface area contributed by atoms with Gasteiger partial charge in [-0.2, -0.15) is 11.8 Å². The number of alkyl halides is 1. The Morgan fingerprint density at radius 3 is 2.54 bits per heavy atom. The van der Waals surface area contributed by atoms with Crippen LogP contribution in [0.2, 0.25) is 0 Å². The van der Waals surface area contributed by atoms with E-state index in [2.05, 4.69) is 12.2 Å². The smallest absolute Gasteiger partial charge is 0.226 e. The van der Waals surface area contributed by atoms with Crippen LogP contribution in [-0.4, -0.2) is 29.8 Å². The van der Waals surface area contributed by atoms with E-state index < -0.39 is 5.41 Å². The average Bonchev–Trinajstić information content (AvgIpc) is 2.13. The Hall–Kier alpha value is 0.110. The van der Waals surface area contributed by atoms with Crippen molar-refractivity contribution < 1.29 is 4.79 Å². The van der Waals surface area contributed by atoms with Crippen LogP contribution in [0.25, 0.3) is 0 Å². The Balaban J connectivity index is 3.88. The molecule has 1 atom stereocenters. The molecular weight excluding hydrogens is 206 g/mol. The first-order chi connectivity index (χ1) is 5.94. The number of carbonyl (C=O) groups excluding carboxylic acids is 1. The van der Waals surface area contributed by atoms with Gasteiger partial charge in [0, 0.05) is 17.7 Å². The van der Waals surface area contributed by atoms with E-state index >= 15 is 0 Å². The molecule has 0 rings (SSSR count). The fourth-order valence-electron chi connectivity index (χ4n) is 0.620. The summed E-state index contributed by atoms with van der Waals surface area (Å²) in [7, 11) is 0. The predicted molar refractivity (Wildman–Crippen MR) is 60.5 cm³/mol. The molecule has 0 aliphatic heterocycles. The molecule has 0 saturated carbocycles. The van der Waals surface area contributed by atoms with Crippen LogP contribution in [0, 0.1) is 5.41 Å². The molecule has 0 aliphatic rings. The maximum Gasteiger partial charge on any atom is 0.226 e. The summed E-state index contributed by atoms with van der Waals surface area (Å²) in [4.78, 5) is 11.5. The molecule has 4 heteroatoms. The highest BCUT2D eigenvalue weighted by atomic mass is 35.5. The summed E-state index contributed by atoms with van der Waals surface area (Å²) >= 11 is 7.41. The van der Waals surface area contributed by atoms with Gasteiger partial charge in [-0.25, -0.2) is 0 Å². The van der Waals surface area contributed by atoms with Crippen LogP contribution in [-0.2, 0) is 4.79 Å². The first-order valence-electron chi connectivity index (χ1n) is 4.31. The van der Waals surface area contributed by atoms with Crippen LogP contribution in [0.5, 0.6) is 0 Å². The molecule has 0 saturated heterocycles. The van der Waals surface area contributed by atoms with Crippen molar-refractivity contribution >= 4 is 29.3 Å². The molecule has 0 spiro atoms. The standard InChI is InChI=1S/C9H18ClNOS/c1-7(13-4)5-11-8(12)9(2,3)6-10/h7H,5-6H2,1-4H3,(H,11,12). The van der Waals surface area contributed by atoms with Crippen molar-refractivity contribution in [2.45, 2.75) is 26.0 Å². The molecule has 0 fully saturated rings. The lowest BCUT2D eigenvalue weighted by molar-refractivity contribution is -0.128. The molecule has 0 bridgehead atoms. The van der Waals surface area contributed by atoms with E-state index in [0.717, 1.165) is 0 Å². The van der Waals surface area contributed by atoms with Crippen LogP contribution in [0.3, 0.4) is 0 Å². The van der Waals surface area contributed by atoms with Gasteiger partial charge in [-0.1, -0.05) is 6.92 Å². The molecule has 0 aromatic rings. The zero-order chi connectivity index (χ0) is 10.5. The Morgan fingerprint density at radius 1 is 1.62 bits per heavy atom. The van der Waals surface area contributed by atoms with E-state index in [1.54, 1.807) is 11.8 Å². The van der Waals surface area contributed by atoms with Gasteiger partial charge >= 0.3 is 0 Å². The Kier molecular flexibility index (Phi) is 5.81. The SMILES string of the molecule is CSC(C)CNC(=O)C(C)(C)CCl. The fourth-order valence-corrected chi connectivity index (χ4v) is 0.991. The number of hydrogen-bond acceptors (Lipinski definition) is 2. The summed E-state index contributed by atoms with van der Waals surface area (Å²) in [5.74, 6) is 0.385. The Labute approximate surface area is 89.8 Å². The zero-order valence-corrected chi connectivity index (χ0v) is 10.3. The summed E-state index contributed by atoms with van der Waals surface area (Å²) in [6.07, 6.45) is 2.03. The van der Waals surface area contributed by atoms with Gasteiger partial charge in [0.25, 0.3) is 0 Å². The normalized spacial score (nSPS) is 13.9. The van der Waals surface area contributed by atoms with Crippen LogP contribution in [0.15, 0.2) is 0 Å². The summed E-state index contributed by atoms with van der Waals surface area (Å²) < 4.78 is 0. The molecule has 1 N–H and O–H groups in total. The van der Waals surface area contributed by atoms with E-state index in [9.17, 15) is 4.79 Å². The van der Waals surface area contributed by atoms with E-state index in [1.807, 2.05) is 20.1 Å². The van der Waals surface area contributed by atoms with Crippen molar-refractivity contribution in [1.82, 2.24) is 5.32 Å². The van der Waals surface area contributed by atoms with Gasteiger partial charge < -0.3 is 5.32 Å². The van der Waals surface area contributed by atoms with E-state index in [1.165, 1.54) is 0 Å². The van der Waals surface area contributed by atoms with Crippen LogP contribution >= 0.6 is 23.4 Å². The molecule has 0 heterocycles. The molecular formula is C9H18ClNOS. The van der Waals surface area contributed by atoms with Gasteiger partial charge in [-0.15, -0.1) is 11.6 Å². The summed E-state index contributed by atoms with van der Waals surface area (Å²) in [5, 5.41) is 3.33. The number of halogens is 1. The maximum absolute atomic E-state index is 11.5. The minimum atomic E-state index is -0.459. The number of thioether (sulfide) groups is 1. The second-order valence-corrected chi connectivity index (χ2v) is 5.32. The van der Waals surface area contributed by atoms with Crippen molar-refractivity contribution in [1.29, 1.82) is 0 Å². The molecule has 0 radical (unpaired) electrons. The maximum atomic E-state index is 11.5. The topological polar surface area (TPSA) is 29.1 Å². The highest BCUT2D eigenvalue weighted by Crippen LogP contribution is 2.17. The highest BCUT2D eigenvalue weighted by molar-refractivity contribution is 7.99. The monoisotopic (exact) mass is 223 g/mol. The average molecular weight is 224 g/mol. The lowest BCUT2D eigenvalue weighted by Crippen LogP contribution is -2.40. The van der Waals surface area contributed by atoms with Gasteiger partial charge in [0.1, 0.15) is 0 Å². The lowest BCUT2D eigenvalue weighted by atomic mass is 9.95. The summed E-state index contributed by atoms with van der Waals surface area (Å²) in [5.41, 5.74) is -0.459. The van der Waals surface area contributed by atoms with E-state index in [-0.39, 0.29) is 5.91 Å². The summed E-state index contributed by atoms with van der Waals surface area (Å²) in [6, 6.07) is 0. The fraction of sp³-hybridized carbons (Fsp3) is 0.889. The molecule has 1 amide bonds. The predicted octanol–water partition coefficient (Wildman–Crippen LogP) is 2.12. The van der Waals surface area contributed by atoms with Crippen molar-refractivity contribution in [3.05, 3.63) is 0 Å². The van der Waals surface area contributed by atoms with Gasteiger partial charge in [-0.05, 0) is 20.1 Å². The van der Waals surface area contributed by atoms with Gasteiger partial charge in [0.15, 0.2) is 0 Å². The van der Waals surface area contributed by atoms with Crippen LogP contribution in [0.1, 0.15) is 20.8 Å².